The molecular formula is C19H28FIN4O. The lowest BCUT2D eigenvalue weighted by molar-refractivity contribution is 0.368. The number of aliphatic imine (C=N–C) groups is 1. The van der Waals surface area contributed by atoms with Gasteiger partial charge in [-0.1, -0.05) is 31.1 Å². The van der Waals surface area contributed by atoms with Gasteiger partial charge in [0.1, 0.15) is 5.82 Å². The molecule has 0 fully saturated rings. The average molecular weight is 474 g/mol. The Kier molecular flexibility index (Phi) is 10.2. The fraction of sp³-hybridized carbons (Fsp3) is 0.474. The highest BCUT2D eigenvalue weighted by Crippen LogP contribution is 2.22. The molecule has 0 amide bonds. The quantitative estimate of drug-likeness (QED) is 0.334. The number of nitrogens with zero attached hydrogens (tertiary/aromatic N) is 2. The van der Waals surface area contributed by atoms with E-state index in [2.05, 4.69) is 34.6 Å². The molecule has 0 aliphatic heterocycles. The summed E-state index contributed by atoms with van der Waals surface area (Å²) in [7, 11) is 0. The Bertz CT molecular complexity index is 686. The van der Waals surface area contributed by atoms with Gasteiger partial charge in [0.2, 0.25) is 0 Å². The number of aromatic nitrogens is 1. The normalized spacial score (nSPS) is 11.3. The van der Waals surface area contributed by atoms with Gasteiger partial charge >= 0.3 is 0 Å². The van der Waals surface area contributed by atoms with E-state index in [0.29, 0.717) is 25.0 Å². The van der Waals surface area contributed by atoms with E-state index in [-0.39, 0.29) is 29.8 Å². The molecule has 2 rings (SSSR count). The summed E-state index contributed by atoms with van der Waals surface area (Å²) in [5, 5.41) is 10.6. The van der Waals surface area contributed by atoms with Crippen LogP contribution in [0.1, 0.15) is 56.5 Å². The van der Waals surface area contributed by atoms with E-state index in [1.165, 1.54) is 12.1 Å². The van der Waals surface area contributed by atoms with Gasteiger partial charge in [-0.15, -0.1) is 24.0 Å². The maximum atomic E-state index is 13.2. The minimum atomic E-state index is -0.249. The van der Waals surface area contributed by atoms with E-state index >= 15 is 0 Å². The Labute approximate surface area is 171 Å². The van der Waals surface area contributed by atoms with E-state index in [4.69, 9.17) is 4.52 Å². The molecule has 2 N–H and O–H groups in total. The minimum absolute atomic E-state index is 0. The zero-order valence-electron chi connectivity index (χ0n) is 15.6. The van der Waals surface area contributed by atoms with Crippen LogP contribution >= 0.6 is 24.0 Å². The fourth-order valence-corrected chi connectivity index (χ4v) is 2.63. The Morgan fingerprint density at radius 1 is 1.19 bits per heavy atom. The number of halogens is 2. The van der Waals surface area contributed by atoms with E-state index in [1.54, 1.807) is 6.07 Å². The Morgan fingerprint density at radius 3 is 2.62 bits per heavy atom. The molecule has 7 heteroatoms. The van der Waals surface area contributed by atoms with Crippen LogP contribution in [0.4, 0.5) is 4.39 Å². The number of nitrogens with one attached hydrogen (secondary N) is 2. The van der Waals surface area contributed by atoms with Crippen molar-refractivity contribution in [1.29, 1.82) is 0 Å². The second-order valence-electron chi connectivity index (χ2n) is 5.91. The molecule has 0 bridgehead atoms. The predicted octanol–water partition coefficient (Wildman–Crippen LogP) is 4.59. The van der Waals surface area contributed by atoms with Crippen LogP contribution in [0.25, 0.3) is 0 Å². The molecule has 0 saturated heterocycles. The molecule has 2 aromatic rings. The lowest BCUT2D eigenvalue weighted by Gasteiger charge is -2.10. The van der Waals surface area contributed by atoms with Crippen LogP contribution in [0.5, 0.6) is 0 Å². The summed E-state index contributed by atoms with van der Waals surface area (Å²) >= 11 is 0. The lowest BCUT2D eigenvalue weighted by Crippen LogP contribution is -2.36. The van der Waals surface area contributed by atoms with Crippen LogP contribution < -0.4 is 10.6 Å². The van der Waals surface area contributed by atoms with Gasteiger partial charge in [0, 0.05) is 18.5 Å². The smallest absolute Gasteiger partial charge is 0.191 e. The van der Waals surface area contributed by atoms with Crippen LogP contribution in [-0.4, -0.2) is 17.7 Å². The van der Waals surface area contributed by atoms with Crippen LogP contribution in [-0.2, 0) is 13.1 Å². The first-order valence-corrected chi connectivity index (χ1v) is 8.88. The van der Waals surface area contributed by atoms with Gasteiger partial charge < -0.3 is 15.2 Å². The van der Waals surface area contributed by atoms with E-state index < -0.39 is 0 Å². The third-order valence-corrected chi connectivity index (χ3v) is 4.06. The molecule has 1 aromatic heterocycles. The van der Waals surface area contributed by atoms with Gasteiger partial charge in [-0.2, -0.15) is 0 Å². The molecule has 0 radical (unpaired) electrons. The van der Waals surface area contributed by atoms with Gasteiger partial charge in [-0.05, 0) is 37.5 Å². The van der Waals surface area contributed by atoms with Crippen LogP contribution in [0, 0.1) is 5.82 Å². The summed E-state index contributed by atoms with van der Waals surface area (Å²) in [5.74, 6) is 1.62. The SMILES string of the molecule is CCNC(=NCc1cccc(F)c1)NCc1cc(C(CC)CC)no1.I. The highest BCUT2D eigenvalue weighted by atomic mass is 127. The highest BCUT2D eigenvalue weighted by Gasteiger charge is 2.13. The van der Waals surface area contributed by atoms with Crippen molar-refractivity contribution >= 4 is 29.9 Å². The molecule has 1 aromatic carbocycles. The van der Waals surface area contributed by atoms with Crippen molar-refractivity contribution in [2.45, 2.75) is 52.6 Å². The first-order valence-electron chi connectivity index (χ1n) is 8.88. The molecule has 5 nitrogen and oxygen atoms in total. The van der Waals surface area contributed by atoms with Crippen molar-refractivity contribution in [3.8, 4) is 0 Å². The molecule has 0 unspecified atom stereocenters. The summed E-state index contributed by atoms with van der Waals surface area (Å²) in [6.45, 7) is 7.96. The van der Waals surface area contributed by atoms with Crippen molar-refractivity contribution in [3.05, 3.63) is 53.2 Å². The van der Waals surface area contributed by atoms with Gasteiger partial charge in [-0.3, -0.25) is 0 Å². The molecule has 0 saturated carbocycles. The number of hydrogen-bond donors (Lipinski definition) is 2. The van der Waals surface area contributed by atoms with Crippen molar-refractivity contribution in [2.75, 3.05) is 6.54 Å². The first kappa shape index (κ1) is 22.4. The third kappa shape index (κ3) is 6.93. The number of hydrogen-bond acceptors (Lipinski definition) is 3. The Hall–Kier alpha value is -1.64. The second kappa shape index (κ2) is 11.9. The maximum absolute atomic E-state index is 13.2. The first-order chi connectivity index (χ1) is 12.2. The fourth-order valence-electron chi connectivity index (χ4n) is 2.63. The minimum Gasteiger partial charge on any atom is -0.359 e. The summed E-state index contributed by atoms with van der Waals surface area (Å²) in [6, 6.07) is 8.47. The number of benzene rings is 1. The van der Waals surface area contributed by atoms with Gasteiger partial charge in [0.05, 0.1) is 18.8 Å². The monoisotopic (exact) mass is 474 g/mol. The molecule has 0 spiro atoms. The average Bonchev–Trinajstić information content (AvgIpc) is 3.07. The summed E-state index contributed by atoms with van der Waals surface area (Å²) < 4.78 is 18.6. The zero-order valence-corrected chi connectivity index (χ0v) is 17.9. The van der Waals surface area contributed by atoms with Gasteiger partial charge in [-0.25, -0.2) is 9.38 Å². The van der Waals surface area contributed by atoms with Gasteiger partial charge in [0.25, 0.3) is 0 Å². The van der Waals surface area contributed by atoms with Crippen LogP contribution in [0.3, 0.4) is 0 Å². The van der Waals surface area contributed by atoms with E-state index in [0.717, 1.165) is 36.4 Å². The Morgan fingerprint density at radius 2 is 1.96 bits per heavy atom. The highest BCUT2D eigenvalue weighted by molar-refractivity contribution is 14.0. The van der Waals surface area contributed by atoms with Crippen molar-refractivity contribution in [1.82, 2.24) is 15.8 Å². The maximum Gasteiger partial charge on any atom is 0.191 e. The molecule has 26 heavy (non-hydrogen) atoms. The second-order valence-corrected chi connectivity index (χ2v) is 5.91. The standard InChI is InChI=1S/C19H27FN4O.HI/c1-4-15(5-2)18-11-17(25-24-18)13-23-19(21-6-3)22-12-14-8-7-9-16(20)10-14;/h7-11,15H,4-6,12-13H2,1-3H3,(H2,21,22,23);1H. The molecule has 0 aliphatic carbocycles. The largest absolute Gasteiger partial charge is 0.359 e. The predicted molar refractivity (Wildman–Crippen MR) is 113 cm³/mol. The summed E-state index contributed by atoms with van der Waals surface area (Å²) in [5.41, 5.74) is 1.83. The zero-order chi connectivity index (χ0) is 18.1. The van der Waals surface area contributed by atoms with E-state index in [9.17, 15) is 4.39 Å². The molecule has 0 atom stereocenters. The van der Waals surface area contributed by atoms with Crippen LogP contribution in [0.15, 0.2) is 39.8 Å². The Balaban J connectivity index is 0.00000338. The summed E-state index contributed by atoms with van der Waals surface area (Å²) in [6.07, 6.45) is 2.10. The van der Waals surface area contributed by atoms with Crippen LogP contribution in [0.2, 0.25) is 0 Å². The van der Waals surface area contributed by atoms with Gasteiger partial charge in [0.15, 0.2) is 11.7 Å². The third-order valence-electron chi connectivity index (χ3n) is 4.06. The topological polar surface area (TPSA) is 62.5 Å². The van der Waals surface area contributed by atoms with Crippen molar-refractivity contribution < 1.29 is 8.91 Å². The number of guanidine groups is 1. The molecule has 144 valence electrons. The van der Waals surface area contributed by atoms with Crippen molar-refractivity contribution in [3.63, 3.8) is 0 Å². The molecule has 1 heterocycles. The lowest BCUT2D eigenvalue weighted by atomic mass is 9.99. The summed E-state index contributed by atoms with van der Waals surface area (Å²) in [4.78, 5) is 4.48. The van der Waals surface area contributed by atoms with E-state index in [1.807, 2.05) is 19.1 Å². The molecule has 0 aliphatic rings. The molecular weight excluding hydrogens is 446 g/mol. The van der Waals surface area contributed by atoms with Crippen molar-refractivity contribution in [2.24, 2.45) is 4.99 Å². The number of rotatable bonds is 8.